The third kappa shape index (κ3) is 5.33. The molecule has 31 heavy (non-hydrogen) atoms. The van der Waals surface area contributed by atoms with E-state index in [0.717, 1.165) is 27.7 Å². The van der Waals surface area contributed by atoms with Gasteiger partial charge in [-0.25, -0.2) is 12.7 Å². The summed E-state index contributed by atoms with van der Waals surface area (Å²) in [5, 5.41) is 7.60. The fourth-order valence-corrected chi connectivity index (χ4v) is 4.23. The van der Waals surface area contributed by atoms with Gasteiger partial charge in [0.25, 0.3) is 5.91 Å². The van der Waals surface area contributed by atoms with Crippen molar-refractivity contribution in [2.45, 2.75) is 17.7 Å². The summed E-state index contributed by atoms with van der Waals surface area (Å²) < 4.78 is 25.8. The first-order valence-electron chi connectivity index (χ1n) is 9.77. The van der Waals surface area contributed by atoms with Gasteiger partial charge in [-0.1, -0.05) is 41.9 Å². The van der Waals surface area contributed by atoms with Crippen molar-refractivity contribution < 1.29 is 13.2 Å². The summed E-state index contributed by atoms with van der Waals surface area (Å²) in [6, 6.07) is 16.1. The lowest BCUT2D eigenvalue weighted by Gasteiger charge is -2.19. The summed E-state index contributed by atoms with van der Waals surface area (Å²) in [7, 11) is 0.900. The van der Waals surface area contributed by atoms with Crippen LogP contribution in [0.1, 0.15) is 22.5 Å². The number of nitrogens with zero attached hydrogens (tertiary/aromatic N) is 3. The number of aryl methyl sites for hydroxylation is 1. The van der Waals surface area contributed by atoms with Gasteiger partial charge in [0, 0.05) is 38.9 Å². The third-order valence-corrected chi connectivity index (χ3v) is 7.07. The highest BCUT2D eigenvalue weighted by Gasteiger charge is 2.22. The van der Waals surface area contributed by atoms with E-state index in [-0.39, 0.29) is 21.4 Å². The number of halogens is 1. The Morgan fingerprint density at radius 1 is 1.06 bits per heavy atom. The van der Waals surface area contributed by atoms with Gasteiger partial charge in [-0.05, 0) is 37.1 Å². The van der Waals surface area contributed by atoms with Gasteiger partial charge in [-0.3, -0.25) is 9.89 Å². The molecule has 0 saturated heterocycles. The van der Waals surface area contributed by atoms with E-state index in [9.17, 15) is 13.2 Å². The molecule has 0 radical (unpaired) electrons. The highest BCUT2D eigenvalue weighted by molar-refractivity contribution is 7.89. The first-order valence-corrected chi connectivity index (χ1v) is 11.6. The lowest BCUT2D eigenvalue weighted by molar-refractivity contribution is 0.0793. The van der Waals surface area contributed by atoms with Crippen LogP contribution in [-0.2, 0) is 16.4 Å². The number of benzene rings is 2. The largest absolute Gasteiger partial charge is 0.342 e. The van der Waals surface area contributed by atoms with Crippen molar-refractivity contribution in [2.75, 3.05) is 27.7 Å². The summed E-state index contributed by atoms with van der Waals surface area (Å²) >= 11 is 6.19. The molecule has 1 amide bonds. The van der Waals surface area contributed by atoms with Crippen LogP contribution >= 0.6 is 11.6 Å². The lowest BCUT2D eigenvalue weighted by atomic mass is 10.1. The maximum Gasteiger partial charge on any atom is 0.255 e. The van der Waals surface area contributed by atoms with Crippen molar-refractivity contribution in [3.63, 3.8) is 0 Å². The van der Waals surface area contributed by atoms with Crippen molar-refractivity contribution in [2.24, 2.45) is 0 Å². The van der Waals surface area contributed by atoms with E-state index in [4.69, 9.17) is 11.6 Å². The first kappa shape index (κ1) is 23.0. The molecule has 0 spiro atoms. The number of sulfonamides is 1. The number of hydrogen-bond donors (Lipinski definition) is 1. The topological polar surface area (TPSA) is 86.4 Å². The average Bonchev–Trinajstić information content (AvgIpc) is 3.23. The Hall–Kier alpha value is -2.68. The molecule has 0 saturated carbocycles. The van der Waals surface area contributed by atoms with Crippen LogP contribution in [0.2, 0.25) is 5.02 Å². The molecule has 3 rings (SSSR count). The number of nitrogens with one attached hydrogen (secondary N) is 1. The molecule has 0 unspecified atom stereocenters. The summed E-state index contributed by atoms with van der Waals surface area (Å²) in [6.07, 6.45) is 1.44. The van der Waals surface area contributed by atoms with Gasteiger partial charge in [0.1, 0.15) is 0 Å². The molecule has 1 N–H and O–H groups in total. The maximum atomic E-state index is 12.9. The summed E-state index contributed by atoms with van der Waals surface area (Å²) in [6.45, 7) is 0.486. The monoisotopic (exact) mass is 460 g/mol. The van der Waals surface area contributed by atoms with Crippen LogP contribution in [0, 0.1) is 0 Å². The Morgan fingerprint density at radius 2 is 1.77 bits per heavy atom. The molecule has 3 aromatic rings. The van der Waals surface area contributed by atoms with E-state index in [0.29, 0.717) is 13.0 Å². The van der Waals surface area contributed by atoms with Crippen molar-refractivity contribution in [3.05, 3.63) is 70.9 Å². The summed E-state index contributed by atoms with van der Waals surface area (Å²) in [4.78, 5) is 14.4. The Kier molecular flexibility index (Phi) is 7.15. The fraction of sp³-hybridized carbons (Fsp3) is 0.273. The van der Waals surface area contributed by atoms with Crippen molar-refractivity contribution in [1.82, 2.24) is 19.4 Å². The fourth-order valence-electron chi connectivity index (χ4n) is 3.10. The van der Waals surface area contributed by atoms with Gasteiger partial charge < -0.3 is 4.90 Å². The van der Waals surface area contributed by atoms with Crippen molar-refractivity contribution >= 4 is 27.5 Å². The lowest BCUT2D eigenvalue weighted by Crippen LogP contribution is -2.29. The smallest absolute Gasteiger partial charge is 0.255 e. The zero-order valence-corrected chi connectivity index (χ0v) is 19.2. The third-order valence-electron chi connectivity index (χ3n) is 4.93. The van der Waals surface area contributed by atoms with Crippen LogP contribution in [0.3, 0.4) is 0 Å². The number of carbonyl (C=O) groups excluding carboxylic acids is 1. The minimum Gasteiger partial charge on any atom is -0.342 e. The normalized spacial score (nSPS) is 11.6. The van der Waals surface area contributed by atoms with E-state index >= 15 is 0 Å². The predicted molar refractivity (Wildman–Crippen MR) is 122 cm³/mol. The molecule has 0 aliphatic rings. The highest BCUT2D eigenvalue weighted by Crippen LogP contribution is 2.23. The van der Waals surface area contributed by atoms with Crippen molar-refractivity contribution in [1.29, 1.82) is 0 Å². The Labute approximate surface area is 187 Å². The highest BCUT2D eigenvalue weighted by atomic mass is 35.5. The molecule has 1 heterocycles. The number of hydrogen-bond acceptors (Lipinski definition) is 4. The summed E-state index contributed by atoms with van der Waals surface area (Å²) in [5.41, 5.74) is 3.07. The number of amides is 1. The second kappa shape index (κ2) is 9.64. The zero-order chi connectivity index (χ0) is 22.6. The van der Waals surface area contributed by atoms with E-state index in [1.54, 1.807) is 11.9 Å². The van der Waals surface area contributed by atoms with E-state index in [1.807, 2.05) is 36.4 Å². The molecule has 164 valence electrons. The Morgan fingerprint density at radius 3 is 2.45 bits per heavy atom. The Bertz CT molecular complexity index is 1160. The van der Waals surface area contributed by atoms with Crippen LogP contribution < -0.4 is 0 Å². The molecule has 0 aliphatic heterocycles. The van der Waals surface area contributed by atoms with Crippen LogP contribution in [-0.4, -0.2) is 61.4 Å². The van der Waals surface area contributed by atoms with Crippen molar-refractivity contribution in [3.8, 4) is 11.3 Å². The molecule has 0 bridgehead atoms. The van der Waals surface area contributed by atoms with Crippen LogP contribution in [0.4, 0.5) is 0 Å². The van der Waals surface area contributed by atoms with Gasteiger partial charge in [0.15, 0.2) is 0 Å². The number of carbonyl (C=O) groups is 1. The van der Waals surface area contributed by atoms with Gasteiger partial charge >= 0.3 is 0 Å². The molecule has 0 fully saturated rings. The van der Waals surface area contributed by atoms with Gasteiger partial charge in [0.05, 0.1) is 21.2 Å². The quantitative estimate of drug-likeness (QED) is 0.555. The second-order valence-corrected chi connectivity index (χ2v) is 9.96. The molecule has 0 aliphatic carbocycles. The predicted octanol–water partition coefficient (Wildman–Crippen LogP) is 3.69. The molecule has 7 nitrogen and oxygen atoms in total. The van der Waals surface area contributed by atoms with Gasteiger partial charge in [-0.15, -0.1) is 0 Å². The molecule has 9 heteroatoms. The molecule has 0 atom stereocenters. The van der Waals surface area contributed by atoms with Crippen LogP contribution in [0.25, 0.3) is 11.3 Å². The standard InChI is InChI=1S/C22H25ClN4O3S/c1-26(2)31(29,30)18-11-12-20(23)19(15-18)22(28)27(3)13-7-10-17-14-21(25-24-17)16-8-5-4-6-9-16/h4-6,8-9,11-12,14-15H,7,10,13H2,1-3H3,(H,24,25). The van der Waals surface area contributed by atoms with Crippen LogP contribution in [0.15, 0.2) is 59.5 Å². The van der Waals surface area contributed by atoms with Gasteiger partial charge in [0.2, 0.25) is 10.0 Å². The number of aromatic amines is 1. The zero-order valence-electron chi connectivity index (χ0n) is 17.7. The van der Waals surface area contributed by atoms with Crippen LogP contribution in [0.5, 0.6) is 0 Å². The molecule has 1 aromatic heterocycles. The Balaban J connectivity index is 1.63. The summed E-state index contributed by atoms with van der Waals surface area (Å²) in [5.74, 6) is -0.324. The minimum absolute atomic E-state index is 0.0320. The van der Waals surface area contributed by atoms with E-state index in [1.165, 1.54) is 32.3 Å². The molecular weight excluding hydrogens is 436 g/mol. The van der Waals surface area contributed by atoms with Gasteiger partial charge in [-0.2, -0.15) is 5.10 Å². The molecular formula is C22H25ClN4O3S. The number of aromatic nitrogens is 2. The first-order chi connectivity index (χ1) is 14.7. The SMILES string of the molecule is CN(CCCc1cc(-c2ccccc2)n[nH]1)C(=O)c1cc(S(=O)(=O)N(C)C)ccc1Cl. The van der Waals surface area contributed by atoms with E-state index in [2.05, 4.69) is 10.2 Å². The molecule has 2 aromatic carbocycles. The number of rotatable bonds is 8. The average molecular weight is 461 g/mol. The second-order valence-electron chi connectivity index (χ2n) is 7.40. The van der Waals surface area contributed by atoms with E-state index < -0.39 is 10.0 Å². The number of H-pyrrole nitrogens is 1. The minimum atomic E-state index is -3.66. The maximum absolute atomic E-state index is 12.9.